The SMILES string of the molecule is CCc1ccccc1N1CC(C(=O)OCC(=O)Nc2ccc(N3CCCC3)c(C)c2)CC1=O. The number of carbonyl (C=O) groups is 3. The zero-order chi connectivity index (χ0) is 23.4. The third kappa shape index (κ3) is 5.18. The van der Waals surface area contributed by atoms with Crippen molar-refractivity contribution in [2.24, 2.45) is 5.92 Å². The molecule has 2 amide bonds. The number of benzene rings is 2. The molecule has 2 saturated heterocycles. The lowest BCUT2D eigenvalue weighted by Crippen LogP contribution is -2.28. The van der Waals surface area contributed by atoms with Crippen LogP contribution in [0.15, 0.2) is 42.5 Å². The van der Waals surface area contributed by atoms with E-state index in [0.717, 1.165) is 36.3 Å². The van der Waals surface area contributed by atoms with Crippen molar-refractivity contribution >= 4 is 34.8 Å². The van der Waals surface area contributed by atoms with E-state index >= 15 is 0 Å². The summed E-state index contributed by atoms with van der Waals surface area (Å²) in [5.41, 5.74) is 4.87. The van der Waals surface area contributed by atoms with Gasteiger partial charge in [-0.2, -0.15) is 0 Å². The monoisotopic (exact) mass is 449 g/mol. The van der Waals surface area contributed by atoms with Crippen LogP contribution in [0.2, 0.25) is 0 Å². The summed E-state index contributed by atoms with van der Waals surface area (Å²) in [4.78, 5) is 41.4. The van der Waals surface area contributed by atoms with Crippen LogP contribution in [0.25, 0.3) is 0 Å². The molecular weight excluding hydrogens is 418 g/mol. The molecule has 2 aromatic rings. The molecule has 2 aliphatic heterocycles. The molecule has 1 atom stereocenters. The Balaban J connectivity index is 1.29. The van der Waals surface area contributed by atoms with E-state index in [9.17, 15) is 14.4 Å². The Kier molecular flexibility index (Phi) is 6.96. The Morgan fingerprint density at radius 1 is 1.09 bits per heavy atom. The third-order valence-electron chi connectivity index (χ3n) is 6.39. The Bertz CT molecular complexity index is 1050. The van der Waals surface area contributed by atoms with Crippen LogP contribution in [0.4, 0.5) is 17.1 Å². The van der Waals surface area contributed by atoms with Gasteiger partial charge in [0.1, 0.15) is 0 Å². The second-order valence-electron chi connectivity index (χ2n) is 8.74. The standard InChI is InChI=1S/C26H31N3O4/c1-3-19-8-4-5-9-23(19)29-16-20(15-25(29)31)26(32)33-17-24(30)27-21-10-11-22(18(2)14-21)28-12-6-7-13-28/h4-5,8-11,14,20H,3,6-7,12-13,15-17H2,1-2H3,(H,27,30). The van der Waals surface area contributed by atoms with Crippen LogP contribution >= 0.6 is 0 Å². The lowest BCUT2D eigenvalue weighted by atomic mass is 10.1. The maximum Gasteiger partial charge on any atom is 0.311 e. The number of esters is 1. The highest BCUT2D eigenvalue weighted by atomic mass is 16.5. The first-order chi connectivity index (χ1) is 16.0. The molecule has 0 aliphatic carbocycles. The molecular formula is C26H31N3O4. The number of hydrogen-bond acceptors (Lipinski definition) is 5. The Morgan fingerprint density at radius 3 is 2.58 bits per heavy atom. The van der Waals surface area contributed by atoms with E-state index in [1.54, 1.807) is 4.90 Å². The zero-order valence-electron chi connectivity index (χ0n) is 19.3. The fourth-order valence-corrected chi connectivity index (χ4v) is 4.67. The molecule has 7 heteroatoms. The average Bonchev–Trinajstić information content (AvgIpc) is 3.47. The first-order valence-electron chi connectivity index (χ1n) is 11.7. The summed E-state index contributed by atoms with van der Waals surface area (Å²) < 4.78 is 5.25. The van der Waals surface area contributed by atoms with Crippen LogP contribution in [-0.4, -0.2) is 44.0 Å². The van der Waals surface area contributed by atoms with Crippen molar-refractivity contribution in [1.82, 2.24) is 0 Å². The largest absolute Gasteiger partial charge is 0.455 e. The van der Waals surface area contributed by atoms with E-state index in [4.69, 9.17) is 4.74 Å². The summed E-state index contributed by atoms with van der Waals surface area (Å²) >= 11 is 0. The molecule has 2 heterocycles. The van der Waals surface area contributed by atoms with Gasteiger partial charge in [-0.3, -0.25) is 14.4 Å². The number of rotatable bonds is 7. The van der Waals surface area contributed by atoms with E-state index in [1.165, 1.54) is 18.5 Å². The Labute approximate surface area is 194 Å². The van der Waals surface area contributed by atoms with Gasteiger partial charge in [0.2, 0.25) is 5.91 Å². The highest BCUT2D eigenvalue weighted by molar-refractivity contribution is 6.00. The van der Waals surface area contributed by atoms with Gasteiger partial charge in [-0.05, 0) is 61.6 Å². The molecule has 7 nitrogen and oxygen atoms in total. The van der Waals surface area contributed by atoms with Crippen LogP contribution < -0.4 is 15.1 Å². The van der Waals surface area contributed by atoms with Gasteiger partial charge in [-0.25, -0.2) is 0 Å². The van der Waals surface area contributed by atoms with Crippen molar-refractivity contribution in [1.29, 1.82) is 0 Å². The maximum absolute atomic E-state index is 12.5. The number of para-hydroxylation sites is 1. The molecule has 0 bridgehead atoms. The molecule has 33 heavy (non-hydrogen) atoms. The molecule has 0 saturated carbocycles. The molecule has 4 rings (SSSR count). The minimum absolute atomic E-state index is 0.0929. The van der Waals surface area contributed by atoms with Gasteiger partial charge in [0, 0.05) is 43.1 Å². The van der Waals surface area contributed by atoms with Crippen LogP contribution in [0.5, 0.6) is 0 Å². The minimum Gasteiger partial charge on any atom is -0.455 e. The highest BCUT2D eigenvalue weighted by Gasteiger charge is 2.37. The van der Waals surface area contributed by atoms with Crippen LogP contribution in [0.3, 0.4) is 0 Å². The second kappa shape index (κ2) is 10.1. The van der Waals surface area contributed by atoms with Crippen molar-refractivity contribution in [2.75, 3.05) is 41.4 Å². The van der Waals surface area contributed by atoms with E-state index < -0.39 is 17.8 Å². The fraction of sp³-hybridized carbons (Fsp3) is 0.423. The maximum atomic E-state index is 12.5. The van der Waals surface area contributed by atoms with Gasteiger partial charge in [0.05, 0.1) is 5.92 Å². The quantitative estimate of drug-likeness (QED) is 0.652. The van der Waals surface area contributed by atoms with Crippen molar-refractivity contribution in [3.05, 3.63) is 53.6 Å². The number of amides is 2. The number of carbonyl (C=O) groups excluding carboxylic acids is 3. The number of nitrogens with one attached hydrogen (secondary N) is 1. The summed E-state index contributed by atoms with van der Waals surface area (Å²) in [5, 5.41) is 2.79. The molecule has 1 N–H and O–H groups in total. The van der Waals surface area contributed by atoms with Crippen molar-refractivity contribution in [3.8, 4) is 0 Å². The van der Waals surface area contributed by atoms with E-state index in [-0.39, 0.29) is 25.5 Å². The molecule has 0 radical (unpaired) electrons. The molecule has 174 valence electrons. The van der Waals surface area contributed by atoms with Crippen LogP contribution in [0.1, 0.15) is 37.3 Å². The smallest absolute Gasteiger partial charge is 0.311 e. The predicted octanol–water partition coefficient (Wildman–Crippen LogP) is 3.69. The van der Waals surface area contributed by atoms with Crippen molar-refractivity contribution in [3.63, 3.8) is 0 Å². The topological polar surface area (TPSA) is 79.0 Å². The van der Waals surface area contributed by atoms with Crippen molar-refractivity contribution < 1.29 is 19.1 Å². The average molecular weight is 450 g/mol. The highest BCUT2D eigenvalue weighted by Crippen LogP contribution is 2.29. The summed E-state index contributed by atoms with van der Waals surface area (Å²) in [5.74, 6) is -1.59. The number of anilines is 3. The fourth-order valence-electron chi connectivity index (χ4n) is 4.67. The predicted molar refractivity (Wildman–Crippen MR) is 128 cm³/mol. The van der Waals surface area contributed by atoms with E-state index in [2.05, 4.69) is 10.2 Å². The van der Waals surface area contributed by atoms with E-state index in [0.29, 0.717) is 5.69 Å². The van der Waals surface area contributed by atoms with E-state index in [1.807, 2.05) is 56.3 Å². The van der Waals surface area contributed by atoms with Gasteiger partial charge >= 0.3 is 5.97 Å². The first-order valence-corrected chi connectivity index (χ1v) is 11.7. The van der Waals surface area contributed by atoms with Gasteiger partial charge < -0.3 is 19.9 Å². The van der Waals surface area contributed by atoms with Gasteiger partial charge in [0.25, 0.3) is 5.91 Å². The summed E-state index contributed by atoms with van der Waals surface area (Å²) in [6.45, 7) is 6.09. The summed E-state index contributed by atoms with van der Waals surface area (Å²) in [7, 11) is 0. The number of hydrogen-bond donors (Lipinski definition) is 1. The van der Waals surface area contributed by atoms with Gasteiger partial charge in [-0.1, -0.05) is 25.1 Å². The lowest BCUT2D eigenvalue weighted by Gasteiger charge is -2.20. The number of aryl methyl sites for hydroxylation is 2. The molecule has 0 spiro atoms. The van der Waals surface area contributed by atoms with Crippen LogP contribution in [0, 0.1) is 12.8 Å². The molecule has 1 unspecified atom stereocenters. The summed E-state index contributed by atoms with van der Waals surface area (Å²) in [6, 6.07) is 13.5. The number of nitrogens with zero attached hydrogens (tertiary/aromatic N) is 2. The molecule has 2 fully saturated rings. The van der Waals surface area contributed by atoms with Crippen LogP contribution in [-0.2, 0) is 25.5 Å². The molecule has 0 aromatic heterocycles. The third-order valence-corrected chi connectivity index (χ3v) is 6.39. The Morgan fingerprint density at radius 2 is 1.85 bits per heavy atom. The zero-order valence-corrected chi connectivity index (χ0v) is 19.3. The first kappa shape index (κ1) is 22.8. The van der Waals surface area contributed by atoms with Gasteiger partial charge in [-0.15, -0.1) is 0 Å². The summed E-state index contributed by atoms with van der Waals surface area (Å²) in [6.07, 6.45) is 3.31. The Hall–Kier alpha value is -3.35. The second-order valence-corrected chi connectivity index (χ2v) is 8.74. The number of ether oxygens (including phenoxy) is 1. The van der Waals surface area contributed by atoms with Gasteiger partial charge in [0.15, 0.2) is 6.61 Å². The molecule has 2 aliphatic rings. The normalized spacial score (nSPS) is 18.0. The lowest BCUT2D eigenvalue weighted by molar-refractivity contribution is -0.151. The minimum atomic E-state index is -0.572. The molecule has 2 aromatic carbocycles. The van der Waals surface area contributed by atoms with Crippen molar-refractivity contribution in [2.45, 2.75) is 39.5 Å².